The van der Waals surface area contributed by atoms with Gasteiger partial charge in [0.2, 0.25) is 17.6 Å². The number of carbonyl (C=O) groups excluding carboxylic acids is 3. The van der Waals surface area contributed by atoms with Gasteiger partial charge >= 0.3 is 0 Å². The number of hydrogen-bond donors (Lipinski definition) is 2. The van der Waals surface area contributed by atoms with Crippen molar-refractivity contribution in [2.45, 2.75) is 18.9 Å². The van der Waals surface area contributed by atoms with Gasteiger partial charge in [-0.05, 0) is 42.8 Å². The third kappa shape index (κ3) is 3.20. The topological polar surface area (TPSA) is 94.2 Å². The molecule has 1 aliphatic heterocycles. The Hall–Kier alpha value is -3.67. The van der Waals surface area contributed by atoms with Crippen LogP contribution in [0.1, 0.15) is 44.4 Å². The molecule has 0 saturated carbocycles. The highest BCUT2D eigenvalue weighted by molar-refractivity contribution is 6.08. The third-order valence-electron chi connectivity index (χ3n) is 5.03. The summed E-state index contributed by atoms with van der Waals surface area (Å²) in [5.41, 5.74) is 8.28. The minimum Gasteiger partial charge on any atom is -0.366 e. The molecule has 3 aromatic rings. The number of nitrogens with zero attached hydrogens (tertiary/aromatic N) is 1. The first-order chi connectivity index (χ1) is 13.5. The summed E-state index contributed by atoms with van der Waals surface area (Å²) in [6.07, 6.45) is 0.635. The number of rotatable bonds is 5. The average Bonchev–Trinajstić information content (AvgIpc) is 3.30. The highest BCUT2D eigenvalue weighted by atomic mass is 16.2. The molecule has 1 atom stereocenters. The van der Waals surface area contributed by atoms with Crippen molar-refractivity contribution in [1.29, 1.82) is 0 Å². The van der Waals surface area contributed by atoms with Crippen LogP contribution in [0.5, 0.6) is 0 Å². The van der Waals surface area contributed by atoms with E-state index in [1.165, 1.54) is 0 Å². The first-order valence-electron chi connectivity index (χ1n) is 9.04. The van der Waals surface area contributed by atoms with Gasteiger partial charge in [0.05, 0.1) is 11.6 Å². The smallest absolute Gasteiger partial charge is 0.248 e. The number of nitrogens with one attached hydrogen (secondary N) is 1. The maximum atomic E-state index is 12.8. The van der Waals surface area contributed by atoms with Gasteiger partial charge in [-0.2, -0.15) is 0 Å². The Labute approximate surface area is 162 Å². The van der Waals surface area contributed by atoms with E-state index in [4.69, 9.17) is 5.73 Å². The van der Waals surface area contributed by atoms with E-state index in [1.807, 2.05) is 28.8 Å². The molecule has 1 unspecified atom stereocenters. The Morgan fingerprint density at radius 3 is 2.29 bits per heavy atom. The molecule has 0 aliphatic carbocycles. The van der Waals surface area contributed by atoms with Crippen molar-refractivity contribution in [2.75, 3.05) is 5.32 Å². The van der Waals surface area contributed by atoms with E-state index >= 15 is 0 Å². The van der Waals surface area contributed by atoms with E-state index in [2.05, 4.69) is 5.32 Å². The summed E-state index contributed by atoms with van der Waals surface area (Å²) in [5.74, 6) is -1.02. The molecule has 2 aromatic carbocycles. The number of hydrogen-bond acceptors (Lipinski definition) is 3. The second kappa shape index (κ2) is 7.15. The molecule has 2 amide bonds. The molecule has 3 N–H and O–H groups in total. The van der Waals surface area contributed by atoms with Gasteiger partial charge in [0.15, 0.2) is 0 Å². The fourth-order valence-electron chi connectivity index (χ4n) is 3.59. The quantitative estimate of drug-likeness (QED) is 0.673. The van der Waals surface area contributed by atoms with Crippen LogP contribution in [-0.2, 0) is 11.3 Å². The molecule has 28 heavy (non-hydrogen) atoms. The van der Waals surface area contributed by atoms with Crippen LogP contribution in [-0.4, -0.2) is 22.2 Å². The summed E-state index contributed by atoms with van der Waals surface area (Å²) < 4.78 is 1.93. The number of benzene rings is 2. The number of aromatic nitrogens is 1. The maximum absolute atomic E-state index is 12.8. The molecular weight excluding hydrogens is 354 g/mol. The van der Waals surface area contributed by atoms with Crippen molar-refractivity contribution < 1.29 is 14.4 Å². The number of primary amides is 1. The van der Waals surface area contributed by atoms with Crippen LogP contribution < -0.4 is 11.1 Å². The van der Waals surface area contributed by atoms with Crippen LogP contribution in [0.15, 0.2) is 66.7 Å². The van der Waals surface area contributed by atoms with Crippen LogP contribution in [0, 0.1) is 0 Å². The van der Waals surface area contributed by atoms with Crippen LogP contribution in [0.2, 0.25) is 0 Å². The van der Waals surface area contributed by atoms with Gasteiger partial charge in [0, 0.05) is 29.1 Å². The van der Waals surface area contributed by atoms with Gasteiger partial charge in [-0.25, -0.2) is 0 Å². The largest absolute Gasteiger partial charge is 0.366 e. The maximum Gasteiger partial charge on any atom is 0.248 e. The lowest BCUT2D eigenvalue weighted by molar-refractivity contribution is -0.117. The Morgan fingerprint density at radius 1 is 0.893 bits per heavy atom. The Kier molecular flexibility index (Phi) is 4.53. The first-order valence-corrected chi connectivity index (χ1v) is 9.04. The van der Waals surface area contributed by atoms with Gasteiger partial charge in [0.25, 0.3) is 0 Å². The molecule has 1 aliphatic rings. The molecule has 2 heterocycles. The van der Waals surface area contributed by atoms with Gasteiger partial charge in [-0.1, -0.05) is 30.3 Å². The molecule has 4 rings (SSSR count). The van der Waals surface area contributed by atoms with E-state index in [0.717, 1.165) is 5.69 Å². The number of amides is 2. The third-order valence-corrected chi connectivity index (χ3v) is 5.03. The van der Waals surface area contributed by atoms with E-state index in [9.17, 15) is 14.4 Å². The number of carbonyl (C=O) groups is 3. The van der Waals surface area contributed by atoms with Gasteiger partial charge in [-0.3, -0.25) is 14.4 Å². The lowest BCUT2D eigenvalue weighted by Gasteiger charge is -2.11. The second-order valence-electron chi connectivity index (χ2n) is 6.76. The molecule has 0 bridgehead atoms. The first kappa shape index (κ1) is 17.7. The van der Waals surface area contributed by atoms with Gasteiger partial charge < -0.3 is 15.6 Å². The minimum absolute atomic E-state index is 0.0463. The zero-order valence-electron chi connectivity index (χ0n) is 15.1. The van der Waals surface area contributed by atoms with E-state index in [1.54, 1.807) is 42.5 Å². The number of nitrogens with two attached hydrogens (primary N) is 1. The Bertz CT molecular complexity index is 1050. The van der Waals surface area contributed by atoms with Gasteiger partial charge in [-0.15, -0.1) is 0 Å². The molecule has 0 fully saturated rings. The summed E-state index contributed by atoms with van der Waals surface area (Å²) >= 11 is 0. The average molecular weight is 373 g/mol. The predicted octanol–water partition coefficient (Wildman–Crippen LogP) is 2.94. The second-order valence-corrected chi connectivity index (χ2v) is 6.76. The summed E-state index contributed by atoms with van der Waals surface area (Å²) in [6, 6.07) is 19.2. The molecule has 0 saturated heterocycles. The summed E-state index contributed by atoms with van der Waals surface area (Å²) in [7, 11) is 0. The Morgan fingerprint density at radius 2 is 1.61 bits per heavy atom. The monoisotopic (exact) mass is 373 g/mol. The number of fused-ring (bicyclic) bond motifs is 1. The number of ketones is 1. The molecule has 6 nitrogen and oxygen atoms in total. The van der Waals surface area contributed by atoms with E-state index in [0.29, 0.717) is 35.5 Å². The highest BCUT2D eigenvalue weighted by Crippen LogP contribution is 2.32. The number of anilines is 1. The standard InChI is InChI=1S/C22H19N3O3/c23-21(27)15-6-8-16(9-7-15)24-22(28)17-12-13-25-18(17)10-11-19(25)20(26)14-4-2-1-3-5-14/h1-11,17H,12-13H2,(H2,23,27)(H,24,28). The minimum atomic E-state index is -0.512. The van der Waals surface area contributed by atoms with Crippen molar-refractivity contribution in [3.8, 4) is 0 Å². The van der Waals surface area contributed by atoms with Crippen LogP contribution >= 0.6 is 0 Å². The van der Waals surface area contributed by atoms with Crippen molar-refractivity contribution in [3.05, 3.63) is 89.2 Å². The van der Waals surface area contributed by atoms with Crippen molar-refractivity contribution in [1.82, 2.24) is 4.57 Å². The zero-order chi connectivity index (χ0) is 19.7. The molecule has 140 valence electrons. The van der Waals surface area contributed by atoms with E-state index in [-0.39, 0.29) is 17.6 Å². The SMILES string of the molecule is NC(=O)c1ccc(NC(=O)C2CCn3c(C(=O)c4ccccc4)ccc32)cc1. The van der Waals surface area contributed by atoms with Crippen LogP contribution in [0.25, 0.3) is 0 Å². The summed E-state index contributed by atoms with van der Waals surface area (Å²) in [5, 5.41) is 2.87. The zero-order valence-corrected chi connectivity index (χ0v) is 15.1. The fourth-order valence-corrected chi connectivity index (χ4v) is 3.59. The van der Waals surface area contributed by atoms with E-state index < -0.39 is 5.91 Å². The van der Waals surface area contributed by atoms with Gasteiger partial charge in [0.1, 0.15) is 0 Å². The Balaban J connectivity index is 1.52. The van der Waals surface area contributed by atoms with Crippen molar-refractivity contribution in [2.24, 2.45) is 5.73 Å². The molecule has 6 heteroatoms. The summed E-state index contributed by atoms with van der Waals surface area (Å²) in [6.45, 7) is 0.620. The predicted molar refractivity (Wildman–Crippen MR) is 105 cm³/mol. The fraction of sp³-hybridized carbons (Fsp3) is 0.136. The molecular formula is C22H19N3O3. The van der Waals surface area contributed by atoms with Crippen LogP contribution in [0.4, 0.5) is 5.69 Å². The lowest BCUT2D eigenvalue weighted by Crippen LogP contribution is -2.19. The van der Waals surface area contributed by atoms with Crippen molar-refractivity contribution >= 4 is 23.3 Å². The molecule has 0 spiro atoms. The highest BCUT2D eigenvalue weighted by Gasteiger charge is 2.32. The molecule has 1 aromatic heterocycles. The lowest BCUT2D eigenvalue weighted by atomic mass is 10.0. The van der Waals surface area contributed by atoms with Crippen molar-refractivity contribution in [3.63, 3.8) is 0 Å². The normalized spacial score (nSPS) is 15.1. The van der Waals surface area contributed by atoms with Crippen LogP contribution in [0.3, 0.4) is 0 Å². The molecule has 0 radical (unpaired) electrons. The summed E-state index contributed by atoms with van der Waals surface area (Å²) in [4.78, 5) is 36.7.